The van der Waals surface area contributed by atoms with E-state index in [0.29, 0.717) is 0 Å². The van der Waals surface area contributed by atoms with Gasteiger partial charge >= 0.3 is 12.3 Å². The van der Waals surface area contributed by atoms with Crippen molar-refractivity contribution in [2.45, 2.75) is 12.3 Å². The fourth-order valence-electron chi connectivity index (χ4n) is 0.872. The summed E-state index contributed by atoms with van der Waals surface area (Å²) in [6.45, 7) is 0. The van der Waals surface area contributed by atoms with Crippen LogP contribution in [-0.2, 0) is 5.92 Å². The SMILES string of the molecule is Nc1cccc(C(F)(F)C(F)F)c1. The largest absolute Gasteiger partial charge is 0.399 e. The fourth-order valence-corrected chi connectivity index (χ4v) is 0.872. The summed E-state index contributed by atoms with van der Waals surface area (Å²) in [5.74, 6) is -4.13. The van der Waals surface area contributed by atoms with Crippen LogP contribution < -0.4 is 5.73 Å². The number of nitrogen functional groups attached to an aromatic ring is 1. The first-order valence-electron chi connectivity index (χ1n) is 3.46. The summed E-state index contributed by atoms with van der Waals surface area (Å²) in [5, 5.41) is 0. The summed E-state index contributed by atoms with van der Waals surface area (Å²) in [7, 11) is 0. The van der Waals surface area contributed by atoms with E-state index >= 15 is 0 Å². The van der Waals surface area contributed by atoms with E-state index in [1.54, 1.807) is 0 Å². The molecule has 0 saturated carbocycles. The van der Waals surface area contributed by atoms with Gasteiger partial charge in [0.1, 0.15) is 0 Å². The van der Waals surface area contributed by atoms with Crippen molar-refractivity contribution in [1.29, 1.82) is 0 Å². The summed E-state index contributed by atoms with van der Waals surface area (Å²) < 4.78 is 49.0. The van der Waals surface area contributed by atoms with Crippen molar-refractivity contribution >= 4 is 5.69 Å². The zero-order valence-electron chi connectivity index (χ0n) is 6.48. The molecule has 0 aromatic heterocycles. The first kappa shape index (κ1) is 9.83. The minimum absolute atomic E-state index is 0.0397. The van der Waals surface area contributed by atoms with E-state index < -0.39 is 17.9 Å². The first-order valence-corrected chi connectivity index (χ1v) is 3.46. The van der Waals surface area contributed by atoms with Crippen LogP contribution in [0.4, 0.5) is 23.2 Å². The number of anilines is 1. The second-order valence-electron chi connectivity index (χ2n) is 2.55. The van der Waals surface area contributed by atoms with Crippen LogP contribution in [0, 0.1) is 0 Å². The van der Waals surface area contributed by atoms with Gasteiger partial charge < -0.3 is 5.73 Å². The third kappa shape index (κ3) is 1.91. The fraction of sp³-hybridized carbons (Fsp3) is 0.250. The molecule has 0 aliphatic heterocycles. The second-order valence-corrected chi connectivity index (χ2v) is 2.55. The summed E-state index contributed by atoms with van der Waals surface area (Å²) in [5.41, 5.74) is 4.46. The van der Waals surface area contributed by atoms with Gasteiger partial charge in [-0.1, -0.05) is 12.1 Å². The Hall–Kier alpha value is -1.26. The zero-order chi connectivity index (χ0) is 10.1. The number of benzene rings is 1. The molecular formula is C8H7F4N. The predicted octanol–water partition coefficient (Wildman–Crippen LogP) is 2.63. The maximum Gasteiger partial charge on any atom is 0.332 e. The van der Waals surface area contributed by atoms with Gasteiger partial charge in [-0.3, -0.25) is 0 Å². The molecule has 0 radical (unpaired) electrons. The standard InChI is InChI=1S/C8H7F4N/c9-7(10)8(11,12)5-2-1-3-6(13)4-5/h1-4,7H,13H2. The highest BCUT2D eigenvalue weighted by molar-refractivity contribution is 5.42. The number of rotatable bonds is 2. The van der Waals surface area contributed by atoms with E-state index in [2.05, 4.69) is 0 Å². The van der Waals surface area contributed by atoms with Gasteiger partial charge in [0.25, 0.3) is 0 Å². The van der Waals surface area contributed by atoms with Gasteiger partial charge in [0.15, 0.2) is 0 Å². The average Bonchev–Trinajstić information content (AvgIpc) is 2.04. The molecule has 1 rings (SSSR count). The molecule has 0 spiro atoms. The van der Waals surface area contributed by atoms with Crippen molar-refractivity contribution in [2.75, 3.05) is 5.73 Å². The number of hydrogen-bond acceptors (Lipinski definition) is 1. The molecule has 0 aliphatic carbocycles. The van der Waals surface area contributed by atoms with Crippen molar-refractivity contribution < 1.29 is 17.6 Å². The molecule has 72 valence electrons. The highest BCUT2D eigenvalue weighted by Crippen LogP contribution is 2.34. The summed E-state index contributed by atoms with van der Waals surface area (Å²) in [4.78, 5) is 0. The Kier molecular flexibility index (Phi) is 2.45. The lowest BCUT2D eigenvalue weighted by Gasteiger charge is -2.15. The molecule has 0 aliphatic rings. The maximum atomic E-state index is 12.7. The van der Waals surface area contributed by atoms with E-state index in [1.807, 2.05) is 0 Å². The minimum atomic E-state index is -4.13. The third-order valence-corrected chi connectivity index (χ3v) is 1.55. The van der Waals surface area contributed by atoms with Gasteiger partial charge in [-0.15, -0.1) is 0 Å². The zero-order valence-corrected chi connectivity index (χ0v) is 6.48. The molecule has 0 amide bonds. The number of halogens is 4. The summed E-state index contributed by atoms with van der Waals surface area (Å²) >= 11 is 0. The van der Waals surface area contributed by atoms with Gasteiger partial charge in [-0.05, 0) is 12.1 Å². The van der Waals surface area contributed by atoms with Gasteiger partial charge in [-0.25, -0.2) is 8.78 Å². The van der Waals surface area contributed by atoms with Crippen molar-refractivity contribution in [3.63, 3.8) is 0 Å². The van der Waals surface area contributed by atoms with E-state index in [9.17, 15) is 17.6 Å². The van der Waals surface area contributed by atoms with E-state index in [4.69, 9.17) is 5.73 Å². The van der Waals surface area contributed by atoms with Gasteiger partial charge in [-0.2, -0.15) is 8.78 Å². The molecule has 1 nitrogen and oxygen atoms in total. The quantitative estimate of drug-likeness (QED) is 0.567. The van der Waals surface area contributed by atoms with Crippen LogP contribution in [0.15, 0.2) is 24.3 Å². The molecule has 1 aromatic carbocycles. The van der Waals surface area contributed by atoms with Gasteiger partial charge in [0.2, 0.25) is 0 Å². The van der Waals surface area contributed by atoms with Crippen LogP contribution in [0.25, 0.3) is 0 Å². The molecule has 0 atom stereocenters. The predicted molar refractivity (Wildman–Crippen MR) is 40.8 cm³/mol. The molecule has 0 unspecified atom stereocenters. The molecule has 0 saturated heterocycles. The lowest BCUT2D eigenvalue weighted by atomic mass is 10.1. The number of nitrogens with two attached hydrogens (primary N) is 1. The smallest absolute Gasteiger partial charge is 0.332 e. The Labute approximate surface area is 72.2 Å². The summed E-state index contributed by atoms with van der Waals surface area (Å²) in [6, 6.07) is 4.32. The van der Waals surface area contributed by atoms with Gasteiger partial charge in [0, 0.05) is 11.3 Å². The molecule has 0 heterocycles. The number of alkyl halides is 4. The lowest BCUT2D eigenvalue weighted by Crippen LogP contribution is -2.23. The molecule has 13 heavy (non-hydrogen) atoms. The minimum Gasteiger partial charge on any atom is -0.399 e. The van der Waals surface area contributed by atoms with Crippen molar-refractivity contribution in [1.82, 2.24) is 0 Å². The van der Waals surface area contributed by atoms with Crippen molar-refractivity contribution in [3.05, 3.63) is 29.8 Å². The monoisotopic (exact) mass is 193 g/mol. The maximum absolute atomic E-state index is 12.7. The molecule has 0 fully saturated rings. The van der Waals surface area contributed by atoms with E-state index in [-0.39, 0.29) is 5.69 Å². The van der Waals surface area contributed by atoms with Crippen LogP contribution in [0.3, 0.4) is 0 Å². The van der Waals surface area contributed by atoms with Crippen LogP contribution in [0.1, 0.15) is 5.56 Å². The molecular weight excluding hydrogens is 186 g/mol. The molecule has 1 aromatic rings. The highest BCUT2D eigenvalue weighted by atomic mass is 19.3. The highest BCUT2D eigenvalue weighted by Gasteiger charge is 2.42. The van der Waals surface area contributed by atoms with E-state index in [0.717, 1.165) is 12.1 Å². The molecule has 0 bridgehead atoms. The number of hydrogen-bond donors (Lipinski definition) is 1. The third-order valence-electron chi connectivity index (χ3n) is 1.55. The topological polar surface area (TPSA) is 26.0 Å². The Bertz CT molecular complexity index is 298. The molecule has 5 heteroatoms. The second kappa shape index (κ2) is 3.24. The average molecular weight is 193 g/mol. The van der Waals surface area contributed by atoms with Crippen LogP contribution in [0.2, 0.25) is 0 Å². The normalized spacial score (nSPS) is 12.1. The van der Waals surface area contributed by atoms with Gasteiger partial charge in [0.05, 0.1) is 0 Å². The first-order chi connectivity index (χ1) is 5.94. The Balaban J connectivity index is 3.07. The van der Waals surface area contributed by atoms with Crippen LogP contribution in [0.5, 0.6) is 0 Å². The Morgan fingerprint density at radius 1 is 1.23 bits per heavy atom. The molecule has 2 N–H and O–H groups in total. The van der Waals surface area contributed by atoms with E-state index in [1.165, 1.54) is 12.1 Å². The Morgan fingerprint density at radius 3 is 2.31 bits per heavy atom. The van der Waals surface area contributed by atoms with Crippen LogP contribution >= 0.6 is 0 Å². The lowest BCUT2D eigenvalue weighted by molar-refractivity contribution is -0.135. The van der Waals surface area contributed by atoms with Crippen LogP contribution in [-0.4, -0.2) is 6.43 Å². The van der Waals surface area contributed by atoms with Crippen molar-refractivity contribution in [3.8, 4) is 0 Å². The summed E-state index contributed by atoms with van der Waals surface area (Å²) in [6.07, 6.45) is -3.71. The van der Waals surface area contributed by atoms with Crippen molar-refractivity contribution in [2.24, 2.45) is 0 Å². The Morgan fingerprint density at radius 2 is 1.85 bits per heavy atom.